The van der Waals surface area contributed by atoms with E-state index in [4.69, 9.17) is 9.47 Å². The number of carbonyl (C=O) groups excluding carboxylic acids is 1. The van der Waals surface area contributed by atoms with Crippen molar-refractivity contribution in [2.24, 2.45) is 0 Å². The number of hydrogen-bond acceptors (Lipinski definition) is 3. The van der Waals surface area contributed by atoms with Gasteiger partial charge < -0.3 is 20.1 Å². The van der Waals surface area contributed by atoms with Gasteiger partial charge in [0.05, 0.1) is 12.1 Å². The first-order valence-electron chi connectivity index (χ1n) is 9.10. The Labute approximate surface area is 143 Å². The predicted molar refractivity (Wildman–Crippen MR) is 91.0 cm³/mol. The summed E-state index contributed by atoms with van der Waals surface area (Å²) >= 11 is 0. The Balaban J connectivity index is 1.32. The summed E-state index contributed by atoms with van der Waals surface area (Å²) in [5, 5.41) is 6.27. The maximum atomic E-state index is 12.4. The van der Waals surface area contributed by atoms with Crippen molar-refractivity contribution in [3.63, 3.8) is 0 Å². The fraction of sp³-hybridized carbons (Fsp3) is 0.632. The van der Waals surface area contributed by atoms with E-state index in [0.717, 1.165) is 38.7 Å². The highest BCUT2D eigenvalue weighted by Gasteiger charge is 2.59. The second kappa shape index (κ2) is 6.37. The highest BCUT2D eigenvalue weighted by atomic mass is 16.6. The summed E-state index contributed by atoms with van der Waals surface area (Å²) in [5.41, 5.74) is 2.39. The van der Waals surface area contributed by atoms with Crippen molar-refractivity contribution in [3.8, 4) is 0 Å². The van der Waals surface area contributed by atoms with Gasteiger partial charge in [-0.2, -0.15) is 0 Å². The maximum absolute atomic E-state index is 12.4. The van der Waals surface area contributed by atoms with Crippen LogP contribution in [0.4, 0.5) is 4.79 Å². The molecular formula is C19H26N2O3. The van der Waals surface area contributed by atoms with Crippen LogP contribution in [0.2, 0.25) is 0 Å². The Kier molecular flexibility index (Phi) is 4.22. The zero-order valence-corrected chi connectivity index (χ0v) is 14.2. The van der Waals surface area contributed by atoms with Crippen molar-refractivity contribution in [3.05, 3.63) is 35.4 Å². The average molecular weight is 330 g/mol. The van der Waals surface area contributed by atoms with Crippen LogP contribution in [-0.4, -0.2) is 43.0 Å². The quantitative estimate of drug-likeness (QED) is 0.889. The normalized spacial score (nSPS) is 31.7. The van der Waals surface area contributed by atoms with Crippen molar-refractivity contribution in [1.82, 2.24) is 10.6 Å². The molecule has 3 aliphatic rings. The van der Waals surface area contributed by atoms with Crippen molar-refractivity contribution in [1.29, 1.82) is 0 Å². The van der Waals surface area contributed by atoms with Crippen molar-refractivity contribution >= 4 is 6.03 Å². The molecule has 1 spiro atoms. The molecule has 1 aliphatic heterocycles. The maximum Gasteiger partial charge on any atom is 0.315 e. The van der Waals surface area contributed by atoms with E-state index in [-0.39, 0.29) is 29.8 Å². The van der Waals surface area contributed by atoms with E-state index in [2.05, 4.69) is 34.9 Å². The van der Waals surface area contributed by atoms with Gasteiger partial charge in [0.1, 0.15) is 5.60 Å². The van der Waals surface area contributed by atoms with E-state index in [1.165, 1.54) is 11.1 Å². The molecule has 5 heteroatoms. The van der Waals surface area contributed by atoms with Gasteiger partial charge in [-0.05, 0) is 50.2 Å². The van der Waals surface area contributed by atoms with Gasteiger partial charge >= 0.3 is 6.03 Å². The number of amides is 2. The Morgan fingerprint density at radius 3 is 2.67 bits per heavy atom. The first-order chi connectivity index (χ1) is 11.7. The van der Waals surface area contributed by atoms with Crippen LogP contribution in [0.1, 0.15) is 37.3 Å². The van der Waals surface area contributed by atoms with Gasteiger partial charge in [-0.3, -0.25) is 0 Å². The Morgan fingerprint density at radius 1 is 1.29 bits per heavy atom. The zero-order valence-electron chi connectivity index (χ0n) is 14.2. The summed E-state index contributed by atoms with van der Waals surface area (Å²) in [4.78, 5) is 12.4. The number of fused-ring (bicyclic) bond motifs is 1. The number of rotatable bonds is 4. The summed E-state index contributed by atoms with van der Waals surface area (Å²) in [6.45, 7) is 3.46. The molecule has 1 aromatic carbocycles. The Morgan fingerprint density at radius 2 is 2.04 bits per heavy atom. The van der Waals surface area contributed by atoms with Gasteiger partial charge in [-0.25, -0.2) is 4.79 Å². The van der Waals surface area contributed by atoms with Crippen LogP contribution in [0.3, 0.4) is 0 Å². The number of benzene rings is 1. The van der Waals surface area contributed by atoms with E-state index in [1.54, 1.807) is 0 Å². The van der Waals surface area contributed by atoms with Gasteiger partial charge in [0, 0.05) is 19.3 Å². The van der Waals surface area contributed by atoms with Crippen LogP contribution < -0.4 is 10.6 Å². The fourth-order valence-corrected chi connectivity index (χ4v) is 4.53. The molecule has 2 amide bonds. The first kappa shape index (κ1) is 15.9. The van der Waals surface area contributed by atoms with Crippen LogP contribution in [0.5, 0.6) is 0 Å². The number of carbonyl (C=O) groups is 1. The molecule has 2 N–H and O–H groups in total. The Hall–Kier alpha value is -1.59. The van der Waals surface area contributed by atoms with Gasteiger partial charge in [0.25, 0.3) is 0 Å². The van der Waals surface area contributed by atoms with Crippen LogP contribution in [-0.2, 0) is 22.3 Å². The molecule has 1 heterocycles. The molecule has 130 valence electrons. The van der Waals surface area contributed by atoms with Crippen LogP contribution in [0.25, 0.3) is 0 Å². The van der Waals surface area contributed by atoms with Crippen LogP contribution >= 0.6 is 0 Å². The first-order valence-corrected chi connectivity index (χ1v) is 9.10. The number of hydrogen-bond donors (Lipinski definition) is 2. The minimum Gasteiger partial charge on any atom is -0.375 e. The predicted octanol–water partition coefficient (Wildman–Crippen LogP) is 2.18. The van der Waals surface area contributed by atoms with Gasteiger partial charge in [0.2, 0.25) is 0 Å². The third kappa shape index (κ3) is 2.70. The molecule has 24 heavy (non-hydrogen) atoms. The molecule has 0 unspecified atom stereocenters. The lowest BCUT2D eigenvalue weighted by molar-refractivity contribution is -0.194. The molecular weight excluding hydrogens is 304 g/mol. The van der Waals surface area contributed by atoms with Crippen molar-refractivity contribution < 1.29 is 14.3 Å². The summed E-state index contributed by atoms with van der Waals surface area (Å²) < 4.78 is 11.8. The smallest absolute Gasteiger partial charge is 0.315 e. The van der Waals surface area contributed by atoms with Gasteiger partial charge in [-0.15, -0.1) is 0 Å². The molecule has 5 nitrogen and oxygen atoms in total. The molecule has 2 aliphatic carbocycles. The Bertz CT molecular complexity index is 587. The van der Waals surface area contributed by atoms with Gasteiger partial charge in [-0.1, -0.05) is 24.3 Å². The zero-order chi connectivity index (χ0) is 16.6. The summed E-state index contributed by atoms with van der Waals surface area (Å²) in [6.07, 6.45) is 4.80. The molecule has 2 fully saturated rings. The lowest BCUT2D eigenvalue weighted by Gasteiger charge is -2.52. The van der Waals surface area contributed by atoms with Crippen molar-refractivity contribution in [2.45, 2.75) is 62.8 Å². The minimum atomic E-state index is -0.300. The van der Waals surface area contributed by atoms with E-state index >= 15 is 0 Å². The number of urea groups is 1. The standard InChI is InChI=1S/C19H26N2O3/c1-2-23-17-12-16(19(17)8-5-9-24-19)21-18(22)20-15-10-13-6-3-4-7-14(13)11-15/h3-4,6-7,15-17H,2,5,8-12H2,1H3,(H2,20,21,22)/t16-,17+,19+/m0/s1. The number of nitrogens with one attached hydrogen (secondary N) is 2. The highest BCUT2D eigenvalue weighted by Crippen LogP contribution is 2.45. The molecule has 0 aromatic heterocycles. The van der Waals surface area contributed by atoms with Crippen LogP contribution in [0, 0.1) is 0 Å². The van der Waals surface area contributed by atoms with Crippen molar-refractivity contribution in [2.75, 3.05) is 13.2 Å². The topological polar surface area (TPSA) is 59.6 Å². The lowest BCUT2D eigenvalue weighted by atomic mass is 9.70. The molecule has 1 saturated heterocycles. The fourth-order valence-electron chi connectivity index (χ4n) is 4.53. The molecule has 1 saturated carbocycles. The molecule has 0 bridgehead atoms. The van der Waals surface area contributed by atoms with Crippen LogP contribution in [0.15, 0.2) is 24.3 Å². The number of ether oxygens (including phenoxy) is 2. The summed E-state index contributed by atoms with van der Waals surface area (Å²) in [7, 11) is 0. The third-order valence-electron chi connectivity index (χ3n) is 5.73. The highest BCUT2D eigenvalue weighted by molar-refractivity contribution is 5.75. The summed E-state index contributed by atoms with van der Waals surface area (Å²) in [6, 6.07) is 8.58. The van der Waals surface area contributed by atoms with E-state index in [9.17, 15) is 4.79 Å². The molecule has 3 atom stereocenters. The average Bonchev–Trinajstić information content (AvgIpc) is 3.22. The largest absolute Gasteiger partial charge is 0.375 e. The minimum absolute atomic E-state index is 0.0559. The van der Waals surface area contributed by atoms with Gasteiger partial charge in [0.15, 0.2) is 0 Å². The van der Waals surface area contributed by atoms with E-state index < -0.39 is 0 Å². The SMILES string of the molecule is CCO[C@@H]1C[C@H](NC(=O)NC2Cc3ccccc3C2)[C@]12CCCO2. The monoisotopic (exact) mass is 330 g/mol. The lowest BCUT2D eigenvalue weighted by Crippen LogP contribution is -2.70. The summed E-state index contributed by atoms with van der Waals surface area (Å²) in [5.74, 6) is 0. The van der Waals surface area contributed by atoms with E-state index in [0.29, 0.717) is 6.61 Å². The third-order valence-corrected chi connectivity index (χ3v) is 5.73. The van der Waals surface area contributed by atoms with E-state index in [1.807, 2.05) is 6.92 Å². The second-order valence-corrected chi connectivity index (χ2v) is 7.13. The molecule has 4 rings (SSSR count). The molecule has 0 radical (unpaired) electrons. The molecule has 1 aromatic rings. The second-order valence-electron chi connectivity index (χ2n) is 7.13.